The Balaban J connectivity index is 2.28. The first-order chi connectivity index (χ1) is 8.47. The monoisotopic (exact) mass is 310 g/mol. The van der Waals surface area contributed by atoms with Crippen LogP contribution in [-0.4, -0.2) is 20.6 Å². The zero-order valence-corrected chi connectivity index (χ0v) is 11.9. The van der Waals surface area contributed by atoms with Crippen molar-refractivity contribution in [2.75, 3.05) is 0 Å². The molecule has 0 fully saturated rings. The summed E-state index contributed by atoms with van der Waals surface area (Å²) < 4.78 is 3.03. The molecule has 5 heteroatoms. The van der Waals surface area contributed by atoms with E-state index >= 15 is 0 Å². The van der Waals surface area contributed by atoms with Gasteiger partial charge in [-0.15, -0.1) is 0 Å². The third kappa shape index (κ3) is 2.72. The van der Waals surface area contributed by atoms with Gasteiger partial charge in [0.25, 0.3) is 0 Å². The topological polar surface area (TPSA) is 55.1 Å². The highest BCUT2D eigenvalue weighted by atomic mass is 79.9. The molecule has 0 aliphatic heterocycles. The summed E-state index contributed by atoms with van der Waals surface area (Å²) in [7, 11) is 1.96. The number of benzene rings is 1. The molecule has 0 amide bonds. The summed E-state index contributed by atoms with van der Waals surface area (Å²) in [5.74, 6) is 0.252. The molecule has 0 saturated carbocycles. The third-order valence-corrected chi connectivity index (χ3v) is 3.48. The smallest absolute Gasteiger partial charge is 0.303 e. The van der Waals surface area contributed by atoms with Crippen molar-refractivity contribution in [3.05, 3.63) is 28.5 Å². The average Bonchev–Trinajstić information content (AvgIpc) is 2.54. The van der Waals surface area contributed by atoms with Crippen molar-refractivity contribution in [2.24, 2.45) is 13.0 Å². The lowest BCUT2D eigenvalue weighted by Crippen LogP contribution is -2.10. The molecule has 1 aromatic heterocycles. The van der Waals surface area contributed by atoms with Crippen LogP contribution in [0, 0.1) is 5.92 Å². The molecule has 2 rings (SSSR count). The van der Waals surface area contributed by atoms with Gasteiger partial charge in [0.1, 0.15) is 5.82 Å². The summed E-state index contributed by atoms with van der Waals surface area (Å²) in [6.07, 6.45) is 0.849. The Labute approximate surface area is 114 Å². The maximum atomic E-state index is 10.7. The van der Waals surface area contributed by atoms with Crippen LogP contribution in [0.4, 0.5) is 0 Å². The second kappa shape index (κ2) is 5.10. The van der Waals surface area contributed by atoms with Gasteiger partial charge < -0.3 is 9.67 Å². The molecule has 1 atom stereocenters. The number of fused-ring (bicyclic) bond motifs is 1. The second-order valence-electron chi connectivity index (χ2n) is 4.63. The molecule has 18 heavy (non-hydrogen) atoms. The SMILES string of the molecule is CC(CC(=O)O)Cc1nc2cc(Br)ccc2n1C. The van der Waals surface area contributed by atoms with E-state index in [0.717, 1.165) is 21.3 Å². The molecule has 0 aliphatic carbocycles. The molecule has 0 saturated heterocycles. The number of nitrogens with zero attached hydrogens (tertiary/aromatic N) is 2. The first-order valence-electron chi connectivity index (χ1n) is 5.80. The molecule has 0 radical (unpaired) electrons. The largest absolute Gasteiger partial charge is 0.481 e. The zero-order chi connectivity index (χ0) is 13.3. The molecular formula is C13H15BrN2O2. The summed E-state index contributed by atoms with van der Waals surface area (Å²) in [5.41, 5.74) is 2.00. The van der Waals surface area contributed by atoms with Gasteiger partial charge in [-0.1, -0.05) is 22.9 Å². The predicted molar refractivity (Wildman–Crippen MR) is 73.5 cm³/mol. The Morgan fingerprint density at radius 1 is 1.56 bits per heavy atom. The van der Waals surface area contributed by atoms with Gasteiger partial charge in [-0.2, -0.15) is 0 Å². The standard InChI is InChI=1S/C13H15BrN2O2/c1-8(6-13(17)18)5-12-15-10-7-9(14)3-4-11(10)16(12)2/h3-4,7-8H,5-6H2,1-2H3,(H,17,18). The van der Waals surface area contributed by atoms with E-state index in [0.29, 0.717) is 6.42 Å². The molecule has 0 spiro atoms. The van der Waals surface area contributed by atoms with E-state index in [1.54, 1.807) is 0 Å². The van der Waals surface area contributed by atoms with E-state index in [9.17, 15) is 4.79 Å². The van der Waals surface area contributed by atoms with Gasteiger partial charge in [0, 0.05) is 24.4 Å². The van der Waals surface area contributed by atoms with Crippen LogP contribution in [0.25, 0.3) is 11.0 Å². The summed E-state index contributed by atoms with van der Waals surface area (Å²) in [6, 6.07) is 5.97. The Morgan fingerprint density at radius 3 is 2.94 bits per heavy atom. The Morgan fingerprint density at radius 2 is 2.28 bits per heavy atom. The number of carboxylic acid groups (broad SMARTS) is 1. The van der Waals surface area contributed by atoms with Crippen LogP contribution < -0.4 is 0 Å². The van der Waals surface area contributed by atoms with E-state index in [2.05, 4.69) is 20.9 Å². The molecule has 0 aliphatic rings. The number of aliphatic carboxylic acids is 1. The molecule has 4 nitrogen and oxygen atoms in total. The van der Waals surface area contributed by atoms with Gasteiger partial charge in [-0.05, 0) is 24.1 Å². The van der Waals surface area contributed by atoms with Gasteiger partial charge in [0.05, 0.1) is 11.0 Å². The van der Waals surface area contributed by atoms with Crippen molar-refractivity contribution in [1.29, 1.82) is 0 Å². The number of carboxylic acids is 1. The fourth-order valence-corrected chi connectivity index (χ4v) is 2.44. The van der Waals surface area contributed by atoms with Crippen molar-refractivity contribution >= 4 is 32.9 Å². The Bertz CT molecular complexity index is 592. The summed E-state index contributed by atoms with van der Waals surface area (Å²) in [5, 5.41) is 8.77. The number of rotatable bonds is 4. The molecule has 0 bridgehead atoms. The van der Waals surface area contributed by atoms with Gasteiger partial charge >= 0.3 is 5.97 Å². The van der Waals surface area contributed by atoms with Crippen molar-refractivity contribution in [1.82, 2.24) is 9.55 Å². The number of aryl methyl sites for hydroxylation is 1. The number of carbonyl (C=O) groups is 1. The predicted octanol–water partition coefficient (Wildman–Crippen LogP) is 2.99. The highest BCUT2D eigenvalue weighted by Crippen LogP contribution is 2.21. The number of hydrogen-bond acceptors (Lipinski definition) is 2. The zero-order valence-electron chi connectivity index (χ0n) is 10.4. The molecule has 96 valence electrons. The van der Waals surface area contributed by atoms with Crippen molar-refractivity contribution < 1.29 is 9.90 Å². The van der Waals surface area contributed by atoms with Crippen LogP contribution in [0.5, 0.6) is 0 Å². The number of halogens is 1. The van der Waals surface area contributed by atoms with Crippen LogP contribution in [0.3, 0.4) is 0 Å². The maximum absolute atomic E-state index is 10.7. The van der Waals surface area contributed by atoms with Crippen LogP contribution in [0.15, 0.2) is 22.7 Å². The summed E-state index contributed by atoms with van der Waals surface area (Å²) in [4.78, 5) is 15.2. The lowest BCUT2D eigenvalue weighted by atomic mass is 10.0. The first-order valence-corrected chi connectivity index (χ1v) is 6.59. The van der Waals surface area contributed by atoms with Crippen LogP contribution >= 0.6 is 15.9 Å². The Kier molecular flexibility index (Phi) is 3.71. The normalized spacial score (nSPS) is 12.8. The van der Waals surface area contributed by atoms with Crippen LogP contribution in [0.1, 0.15) is 19.2 Å². The molecule has 1 unspecified atom stereocenters. The van der Waals surface area contributed by atoms with Crippen molar-refractivity contribution in [3.8, 4) is 0 Å². The van der Waals surface area contributed by atoms with Gasteiger partial charge in [0.2, 0.25) is 0 Å². The molecule has 1 aromatic carbocycles. The second-order valence-corrected chi connectivity index (χ2v) is 5.54. The fraction of sp³-hybridized carbons (Fsp3) is 0.385. The fourth-order valence-electron chi connectivity index (χ4n) is 2.09. The van der Waals surface area contributed by atoms with Crippen molar-refractivity contribution in [2.45, 2.75) is 19.8 Å². The maximum Gasteiger partial charge on any atom is 0.303 e. The minimum atomic E-state index is -0.760. The molecule has 1 heterocycles. The van der Waals surface area contributed by atoms with E-state index in [1.807, 2.05) is 36.7 Å². The number of hydrogen-bond donors (Lipinski definition) is 1. The minimum Gasteiger partial charge on any atom is -0.481 e. The van der Waals surface area contributed by atoms with Gasteiger partial charge in [0.15, 0.2) is 0 Å². The highest BCUT2D eigenvalue weighted by Gasteiger charge is 2.13. The quantitative estimate of drug-likeness (QED) is 0.944. The minimum absolute atomic E-state index is 0.0847. The van der Waals surface area contributed by atoms with E-state index in [-0.39, 0.29) is 12.3 Å². The average molecular weight is 311 g/mol. The summed E-state index contributed by atoms with van der Waals surface area (Å²) in [6.45, 7) is 1.93. The first kappa shape index (κ1) is 13.1. The summed E-state index contributed by atoms with van der Waals surface area (Å²) >= 11 is 3.42. The third-order valence-electron chi connectivity index (χ3n) is 2.99. The van der Waals surface area contributed by atoms with E-state index < -0.39 is 5.97 Å². The van der Waals surface area contributed by atoms with Gasteiger partial charge in [-0.25, -0.2) is 4.98 Å². The van der Waals surface area contributed by atoms with E-state index in [4.69, 9.17) is 5.11 Å². The highest BCUT2D eigenvalue weighted by molar-refractivity contribution is 9.10. The van der Waals surface area contributed by atoms with Crippen LogP contribution in [0.2, 0.25) is 0 Å². The molecule has 2 aromatic rings. The van der Waals surface area contributed by atoms with Gasteiger partial charge in [-0.3, -0.25) is 4.79 Å². The molecular weight excluding hydrogens is 296 g/mol. The number of aromatic nitrogens is 2. The lowest BCUT2D eigenvalue weighted by molar-refractivity contribution is -0.137. The van der Waals surface area contributed by atoms with Crippen LogP contribution in [-0.2, 0) is 18.3 Å². The molecule has 1 N–H and O–H groups in total. The number of imidazole rings is 1. The van der Waals surface area contributed by atoms with Crippen molar-refractivity contribution in [3.63, 3.8) is 0 Å². The Hall–Kier alpha value is -1.36. The lowest BCUT2D eigenvalue weighted by Gasteiger charge is -2.08. The van der Waals surface area contributed by atoms with E-state index in [1.165, 1.54) is 0 Å².